The van der Waals surface area contributed by atoms with Gasteiger partial charge in [0.25, 0.3) is 0 Å². The van der Waals surface area contributed by atoms with Crippen molar-refractivity contribution < 1.29 is 28.6 Å². The molecule has 1 atom stereocenters. The summed E-state index contributed by atoms with van der Waals surface area (Å²) in [6.07, 6.45) is 99.4. The van der Waals surface area contributed by atoms with E-state index in [4.69, 9.17) is 14.2 Å². The van der Waals surface area contributed by atoms with E-state index in [0.717, 1.165) is 154 Å². The summed E-state index contributed by atoms with van der Waals surface area (Å²) in [5, 5.41) is 0. The molecule has 0 aliphatic carbocycles. The second-order valence-corrected chi connectivity index (χ2v) is 20.9. The molecule has 0 heterocycles. The van der Waals surface area contributed by atoms with Crippen LogP contribution in [0.15, 0.2) is 170 Å². The normalized spacial score (nSPS) is 13.3. The fourth-order valence-electron chi connectivity index (χ4n) is 8.38. The van der Waals surface area contributed by atoms with E-state index in [0.29, 0.717) is 19.3 Å². The molecule has 0 rings (SSSR count). The zero-order chi connectivity index (χ0) is 58.5. The number of rotatable bonds is 57. The molecule has 0 aliphatic heterocycles. The van der Waals surface area contributed by atoms with Crippen LogP contribution in [0.5, 0.6) is 0 Å². The Balaban J connectivity index is 4.44. The van der Waals surface area contributed by atoms with Crippen LogP contribution in [-0.2, 0) is 28.6 Å². The first-order valence-corrected chi connectivity index (χ1v) is 32.6. The van der Waals surface area contributed by atoms with Gasteiger partial charge in [-0.2, -0.15) is 0 Å². The second-order valence-electron chi connectivity index (χ2n) is 20.9. The van der Waals surface area contributed by atoms with Crippen LogP contribution in [0, 0.1) is 0 Å². The number of esters is 3. The molecule has 0 amide bonds. The molecule has 0 saturated carbocycles. The number of allylic oxidation sites excluding steroid dienone is 28. The SMILES string of the molecule is CC/C=C\C/C=C\C/C=C\C/C=C\C/C=C\C/C=C\C/C=C\CCCC(=O)OC(COC(=O)CCCCCCC/C=C\C/C=C\CCC)COC(=O)CCCCCCCCCCCCC/C=C\C/C=C\C/C=C\C/C=C\C/C=C\CC. The number of hydrogen-bond donors (Lipinski definition) is 0. The third kappa shape index (κ3) is 65.5. The molecule has 0 aliphatic rings. The number of hydrogen-bond acceptors (Lipinski definition) is 6. The molecule has 0 fully saturated rings. The minimum Gasteiger partial charge on any atom is -0.462 e. The summed E-state index contributed by atoms with van der Waals surface area (Å²) in [5.74, 6) is -0.996. The van der Waals surface area contributed by atoms with Gasteiger partial charge in [-0.15, -0.1) is 0 Å². The van der Waals surface area contributed by atoms with Gasteiger partial charge in [-0.25, -0.2) is 0 Å². The average molecular weight is 1120 g/mol. The monoisotopic (exact) mass is 1110 g/mol. The van der Waals surface area contributed by atoms with Crippen LogP contribution in [0.3, 0.4) is 0 Å². The van der Waals surface area contributed by atoms with Gasteiger partial charge in [0.15, 0.2) is 6.10 Å². The Labute approximate surface area is 498 Å². The van der Waals surface area contributed by atoms with Gasteiger partial charge in [-0.3, -0.25) is 14.4 Å². The summed E-state index contributed by atoms with van der Waals surface area (Å²) in [6.45, 7) is 6.28. The van der Waals surface area contributed by atoms with E-state index in [1.165, 1.54) is 64.2 Å². The van der Waals surface area contributed by atoms with E-state index < -0.39 is 6.10 Å². The van der Waals surface area contributed by atoms with Crippen LogP contribution in [0.4, 0.5) is 0 Å². The number of ether oxygens (including phenoxy) is 3. The Kier molecular flexibility index (Phi) is 62.9. The van der Waals surface area contributed by atoms with Crippen molar-refractivity contribution in [2.45, 2.75) is 271 Å². The molecule has 0 spiro atoms. The lowest BCUT2D eigenvalue weighted by Crippen LogP contribution is -2.30. The summed E-state index contributed by atoms with van der Waals surface area (Å²) in [6, 6.07) is 0. The van der Waals surface area contributed by atoms with Crippen molar-refractivity contribution in [3.8, 4) is 0 Å². The smallest absolute Gasteiger partial charge is 0.306 e. The maximum absolute atomic E-state index is 12.9. The summed E-state index contributed by atoms with van der Waals surface area (Å²) >= 11 is 0. The first-order chi connectivity index (χ1) is 40.0. The van der Waals surface area contributed by atoms with Crippen LogP contribution in [0.25, 0.3) is 0 Å². The zero-order valence-corrected chi connectivity index (χ0v) is 52.0. The van der Waals surface area contributed by atoms with Crippen molar-refractivity contribution in [1.29, 1.82) is 0 Å². The molecule has 0 bridgehead atoms. The molecule has 6 nitrogen and oxygen atoms in total. The van der Waals surface area contributed by atoms with Crippen LogP contribution in [0.2, 0.25) is 0 Å². The van der Waals surface area contributed by atoms with Gasteiger partial charge < -0.3 is 14.2 Å². The van der Waals surface area contributed by atoms with Crippen LogP contribution < -0.4 is 0 Å². The van der Waals surface area contributed by atoms with Gasteiger partial charge in [-0.05, 0) is 141 Å². The molecule has 454 valence electrons. The maximum atomic E-state index is 12.9. The molecule has 0 N–H and O–H groups in total. The van der Waals surface area contributed by atoms with Gasteiger partial charge in [0.05, 0.1) is 0 Å². The first kappa shape index (κ1) is 75.8. The largest absolute Gasteiger partial charge is 0.462 e. The molecule has 0 saturated heterocycles. The van der Waals surface area contributed by atoms with Crippen LogP contribution in [-0.4, -0.2) is 37.2 Å². The minimum atomic E-state index is -0.826. The lowest BCUT2D eigenvalue weighted by Gasteiger charge is -2.18. The van der Waals surface area contributed by atoms with E-state index in [9.17, 15) is 14.4 Å². The second kappa shape index (κ2) is 67.3. The molecule has 6 heteroatoms. The Morgan fingerprint density at radius 2 is 0.494 bits per heavy atom. The lowest BCUT2D eigenvalue weighted by molar-refractivity contribution is -0.167. The van der Waals surface area contributed by atoms with E-state index in [2.05, 4.69) is 191 Å². The van der Waals surface area contributed by atoms with E-state index in [-0.39, 0.29) is 37.5 Å². The summed E-state index contributed by atoms with van der Waals surface area (Å²) in [7, 11) is 0. The van der Waals surface area contributed by atoms with E-state index >= 15 is 0 Å². The molecule has 0 radical (unpaired) electrons. The Hall–Kier alpha value is -5.23. The van der Waals surface area contributed by atoms with Gasteiger partial charge in [-0.1, -0.05) is 274 Å². The molecule has 0 aromatic heterocycles. The van der Waals surface area contributed by atoms with Crippen molar-refractivity contribution in [1.82, 2.24) is 0 Å². The van der Waals surface area contributed by atoms with Gasteiger partial charge in [0.2, 0.25) is 0 Å². The van der Waals surface area contributed by atoms with Crippen LogP contribution in [0.1, 0.15) is 265 Å². The average Bonchev–Trinajstić information content (AvgIpc) is 3.46. The minimum absolute atomic E-state index is 0.115. The van der Waals surface area contributed by atoms with Crippen molar-refractivity contribution in [3.05, 3.63) is 170 Å². The maximum Gasteiger partial charge on any atom is 0.306 e. The number of unbranched alkanes of at least 4 members (excludes halogenated alkanes) is 18. The highest BCUT2D eigenvalue weighted by Crippen LogP contribution is 2.15. The Morgan fingerprint density at radius 3 is 0.790 bits per heavy atom. The standard InChI is InChI=1S/C75H118O6/c1-4-7-10-13-16-19-22-25-27-29-31-33-35-36-37-38-40-41-43-45-47-50-53-56-59-62-65-68-74(77)80-71-72(70-79-73(76)67-64-61-58-55-52-49-24-21-18-15-12-9-6-3)81-75(78)69-66-63-60-57-54-51-48-46-44-42-39-34-32-30-28-26-23-20-17-14-11-8-5-2/h7-8,10-12,15-17,19-21,24-28,31-34,36-37,42,44,48,51,57,60,72H,4-6,9,13-14,18,22-23,29-30,35,38-41,43,45-47,49-50,52-56,58-59,61-71H2,1-3H3/b10-7-,11-8-,15-12-,19-16-,20-17-,24-21-,27-25-,28-26-,33-31-,34-32-,37-36-,44-42-,51-48-,60-57-. The van der Waals surface area contributed by atoms with Gasteiger partial charge in [0.1, 0.15) is 13.2 Å². The summed E-state index contributed by atoms with van der Waals surface area (Å²) in [4.78, 5) is 38.3. The third-order valence-electron chi connectivity index (χ3n) is 13.2. The van der Waals surface area contributed by atoms with Crippen LogP contribution >= 0.6 is 0 Å². The Morgan fingerprint density at radius 1 is 0.259 bits per heavy atom. The van der Waals surface area contributed by atoms with Gasteiger partial charge >= 0.3 is 17.9 Å². The van der Waals surface area contributed by atoms with Crippen molar-refractivity contribution >= 4 is 17.9 Å². The number of carbonyl (C=O) groups is 3. The molecule has 0 aromatic carbocycles. The highest BCUT2D eigenvalue weighted by molar-refractivity contribution is 5.71. The van der Waals surface area contributed by atoms with Gasteiger partial charge in [0, 0.05) is 19.3 Å². The van der Waals surface area contributed by atoms with Crippen molar-refractivity contribution in [2.24, 2.45) is 0 Å². The topological polar surface area (TPSA) is 78.9 Å². The zero-order valence-electron chi connectivity index (χ0n) is 52.0. The molecular weight excluding hydrogens is 997 g/mol. The van der Waals surface area contributed by atoms with E-state index in [1.807, 2.05) is 0 Å². The quantitative estimate of drug-likeness (QED) is 0.0261. The molecule has 0 aromatic rings. The summed E-state index contributed by atoms with van der Waals surface area (Å²) < 4.78 is 16.9. The van der Waals surface area contributed by atoms with Crippen molar-refractivity contribution in [2.75, 3.05) is 13.2 Å². The fourth-order valence-corrected chi connectivity index (χ4v) is 8.38. The predicted octanol–water partition coefficient (Wildman–Crippen LogP) is 22.7. The molecule has 1 unspecified atom stereocenters. The highest BCUT2D eigenvalue weighted by atomic mass is 16.6. The predicted molar refractivity (Wildman–Crippen MR) is 352 cm³/mol. The van der Waals surface area contributed by atoms with E-state index in [1.54, 1.807) is 0 Å². The first-order valence-electron chi connectivity index (χ1n) is 32.6. The number of carbonyl (C=O) groups excluding carboxylic acids is 3. The fraction of sp³-hybridized carbons (Fsp3) is 0.587. The summed E-state index contributed by atoms with van der Waals surface area (Å²) in [5.41, 5.74) is 0. The highest BCUT2D eigenvalue weighted by Gasteiger charge is 2.19. The third-order valence-corrected chi connectivity index (χ3v) is 13.2. The lowest BCUT2D eigenvalue weighted by atomic mass is 10.0. The molecule has 81 heavy (non-hydrogen) atoms. The Bertz CT molecular complexity index is 1860. The molecular formula is C75H118O6. The van der Waals surface area contributed by atoms with Crippen molar-refractivity contribution in [3.63, 3.8) is 0 Å².